The molecule has 4 heteroatoms. The molecule has 0 aliphatic carbocycles. The minimum absolute atomic E-state index is 0.0193. The molecule has 2 atom stereocenters. The summed E-state index contributed by atoms with van der Waals surface area (Å²) in [4.78, 5) is 11.7. The van der Waals surface area contributed by atoms with Gasteiger partial charge >= 0.3 is 5.97 Å². The zero-order chi connectivity index (χ0) is 17.6. The molecule has 0 N–H and O–H groups in total. The second-order valence-corrected chi connectivity index (χ2v) is 6.20. The first-order valence-corrected chi connectivity index (χ1v) is 8.74. The highest BCUT2D eigenvalue weighted by Gasteiger charge is 2.24. The van der Waals surface area contributed by atoms with Gasteiger partial charge in [0.25, 0.3) is 0 Å². The fourth-order valence-corrected chi connectivity index (χ4v) is 2.85. The Bertz CT molecular complexity index is 721. The van der Waals surface area contributed by atoms with E-state index in [0.717, 1.165) is 28.9 Å². The molecule has 132 valence electrons. The Morgan fingerprint density at radius 1 is 1.24 bits per heavy atom. The third-order valence-electron chi connectivity index (χ3n) is 4.23. The van der Waals surface area contributed by atoms with Gasteiger partial charge in [0.15, 0.2) is 0 Å². The predicted molar refractivity (Wildman–Crippen MR) is 96.3 cm³/mol. The smallest absolute Gasteiger partial charge is 0.310 e. The van der Waals surface area contributed by atoms with Crippen LogP contribution < -0.4 is 0 Å². The van der Waals surface area contributed by atoms with Gasteiger partial charge in [0.05, 0.1) is 32.3 Å². The molecule has 0 spiro atoms. The summed E-state index contributed by atoms with van der Waals surface area (Å²) in [7, 11) is 0. The predicted octanol–water partition coefficient (Wildman–Crippen LogP) is 3.94. The van der Waals surface area contributed by atoms with Gasteiger partial charge in [-0.15, -0.1) is 0 Å². The molecule has 3 rings (SSSR count). The summed E-state index contributed by atoms with van der Waals surface area (Å²) in [5.41, 5.74) is 4.29. The molecule has 1 aliphatic heterocycles. The summed E-state index contributed by atoms with van der Waals surface area (Å²) in [5, 5.41) is 0. The van der Waals surface area contributed by atoms with Gasteiger partial charge < -0.3 is 14.2 Å². The molecule has 2 aromatic carbocycles. The maximum atomic E-state index is 11.7. The average molecular weight is 340 g/mol. The van der Waals surface area contributed by atoms with E-state index in [2.05, 4.69) is 25.1 Å². The minimum atomic E-state index is -0.200. The largest absolute Gasteiger partial charge is 0.466 e. The number of rotatable bonds is 8. The van der Waals surface area contributed by atoms with Gasteiger partial charge in [0.1, 0.15) is 6.10 Å². The molecule has 1 saturated heterocycles. The Balaban J connectivity index is 1.79. The van der Waals surface area contributed by atoms with Crippen LogP contribution in [0, 0.1) is 0 Å². The van der Waals surface area contributed by atoms with Gasteiger partial charge in [-0.1, -0.05) is 48.5 Å². The Morgan fingerprint density at radius 2 is 2.04 bits per heavy atom. The van der Waals surface area contributed by atoms with Crippen LogP contribution in [0.5, 0.6) is 0 Å². The maximum absolute atomic E-state index is 11.7. The SMILES string of the molecule is CCOC(=O)Cc1cccc(-c2ccccc2[C@@H](C)OC[C@H]2CO2)c1. The van der Waals surface area contributed by atoms with Crippen LogP contribution in [-0.4, -0.2) is 31.9 Å². The van der Waals surface area contributed by atoms with Crippen molar-refractivity contribution in [3.63, 3.8) is 0 Å². The first-order chi connectivity index (χ1) is 12.2. The van der Waals surface area contributed by atoms with E-state index in [0.29, 0.717) is 13.2 Å². The van der Waals surface area contributed by atoms with Crippen molar-refractivity contribution in [1.29, 1.82) is 0 Å². The number of esters is 1. The van der Waals surface area contributed by atoms with Crippen LogP contribution in [0.2, 0.25) is 0 Å². The molecule has 0 amide bonds. The van der Waals surface area contributed by atoms with E-state index in [-0.39, 0.29) is 24.6 Å². The second kappa shape index (κ2) is 8.28. The first kappa shape index (κ1) is 17.6. The van der Waals surface area contributed by atoms with E-state index < -0.39 is 0 Å². The Morgan fingerprint density at radius 3 is 2.80 bits per heavy atom. The van der Waals surface area contributed by atoms with Crippen LogP contribution in [-0.2, 0) is 25.4 Å². The van der Waals surface area contributed by atoms with Crippen LogP contribution in [0.3, 0.4) is 0 Å². The number of hydrogen-bond acceptors (Lipinski definition) is 4. The molecule has 1 heterocycles. The van der Waals surface area contributed by atoms with E-state index in [1.165, 1.54) is 0 Å². The zero-order valence-electron chi connectivity index (χ0n) is 14.7. The van der Waals surface area contributed by atoms with E-state index in [1.54, 1.807) is 0 Å². The molecule has 0 saturated carbocycles. The van der Waals surface area contributed by atoms with Gasteiger partial charge in [-0.05, 0) is 36.1 Å². The van der Waals surface area contributed by atoms with E-state index in [9.17, 15) is 4.79 Å². The Kier molecular flexibility index (Phi) is 5.84. The number of epoxide rings is 1. The molecule has 0 unspecified atom stereocenters. The van der Waals surface area contributed by atoms with Gasteiger partial charge in [0, 0.05) is 0 Å². The third-order valence-corrected chi connectivity index (χ3v) is 4.23. The van der Waals surface area contributed by atoms with E-state index in [4.69, 9.17) is 14.2 Å². The zero-order valence-corrected chi connectivity index (χ0v) is 14.7. The van der Waals surface area contributed by atoms with Crippen molar-refractivity contribution in [2.24, 2.45) is 0 Å². The lowest BCUT2D eigenvalue weighted by Gasteiger charge is -2.17. The van der Waals surface area contributed by atoms with Gasteiger partial charge in [0.2, 0.25) is 0 Å². The highest BCUT2D eigenvalue weighted by Crippen LogP contribution is 2.31. The molecule has 0 radical (unpaired) electrons. The van der Waals surface area contributed by atoms with Crippen molar-refractivity contribution < 1.29 is 19.0 Å². The van der Waals surface area contributed by atoms with Gasteiger partial charge in [-0.2, -0.15) is 0 Å². The average Bonchev–Trinajstić information content (AvgIpc) is 3.44. The van der Waals surface area contributed by atoms with Crippen LogP contribution in [0.25, 0.3) is 11.1 Å². The number of carbonyl (C=O) groups excluding carboxylic acids is 1. The van der Waals surface area contributed by atoms with Gasteiger partial charge in [-0.3, -0.25) is 4.79 Å². The third kappa shape index (κ3) is 4.91. The summed E-state index contributed by atoms with van der Waals surface area (Å²) < 4.78 is 16.2. The van der Waals surface area contributed by atoms with Crippen molar-refractivity contribution in [2.75, 3.05) is 19.8 Å². The summed E-state index contributed by atoms with van der Waals surface area (Å²) in [6, 6.07) is 16.3. The van der Waals surface area contributed by atoms with Crippen molar-refractivity contribution in [1.82, 2.24) is 0 Å². The van der Waals surface area contributed by atoms with Crippen molar-refractivity contribution in [2.45, 2.75) is 32.5 Å². The summed E-state index contributed by atoms with van der Waals surface area (Å²) >= 11 is 0. The highest BCUT2D eigenvalue weighted by molar-refractivity contribution is 5.74. The number of carbonyl (C=O) groups is 1. The molecule has 25 heavy (non-hydrogen) atoms. The Hall–Kier alpha value is -2.17. The topological polar surface area (TPSA) is 48.1 Å². The highest BCUT2D eigenvalue weighted by atomic mass is 16.6. The molecular weight excluding hydrogens is 316 g/mol. The van der Waals surface area contributed by atoms with Crippen LogP contribution in [0.4, 0.5) is 0 Å². The fourth-order valence-electron chi connectivity index (χ4n) is 2.85. The van der Waals surface area contributed by atoms with Gasteiger partial charge in [-0.25, -0.2) is 0 Å². The van der Waals surface area contributed by atoms with E-state index >= 15 is 0 Å². The maximum Gasteiger partial charge on any atom is 0.310 e. The lowest BCUT2D eigenvalue weighted by Crippen LogP contribution is -2.08. The second-order valence-electron chi connectivity index (χ2n) is 6.20. The normalized spacial score (nSPS) is 17.1. The molecule has 1 aliphatic rings. The van der Waals surface area contributed by atoms with E-state index in [1.807, 2.05) is 37.3 Å². The van der Waals surface area contributed by atoms with Crippen LogP contribution in [0.15, 0.2) is 48.5 Å². The summed E-state index contributed by atoms with van der Waals surface area (Å²) in [5.74, 6) is -0.200. The first-order valence-electron chi connectivity index (χ1n) is 8.74. The lowest BCUT2D eigenvalue weighted by atomic mass is 9.95. The lowest BCUT2D eigenvalue weighted by molar-refractivity contribution is -0.142. The quantitative estimate of drug-likeness (QED) is 0.539. The van der Waals surface area contributed by atoms with Crippen LogP contribution in [0.1, 0.15) is 31.1 Å². The van der Waals surface area contributed by atoms with Crippen molar-refractivity contribution in [3.8, 4) is 11.1 Å². The molecule has 1 fully saturated rings. The molecule has 2 aromatic rings. The summed E-state index contributed by atoms with van der Waals surface area (Å²) in [6.07, 6.45) is 0.520. The minimum Gasteiger partial charge on any atom is -0.466 e. The molecule has 4 nitrogen and oxygen atoms in total. The van der Waals surface area contributed by atoms with Crippen LogP contribution >= 0.6 is 0 Å². The Labute approximate surface area is 148 Å². The number of hydrogen-bond donors (Lipinski definition) is 0. The molecular formula is C21H24O4. The number of ether oxygens (including phenoxy) is 3. The number of benzene rings is 2. The molecule has 0 aromatic heterocycles. The van der Waals surface area contributed by atoms with Crippen molar-refractivity contribution >= 4 is 5.97 Å². The monoisotopic (exact) mass is 340 g/mol. The van der Waals surface area contributed by atoms with Crippen molar-refractivity contribution in [3.05, 3.63) is 59.7 Å². The standard InChI is InChI=1S/C21H24O4/c1-3-23-21(22)12-16-7-6-8-17(11-16)20-10-5-4-9-19(20)15(2)24-13-18-14-25-18/h4-11,15,18H,3,12-14H2,1-2H3/t15-,18+/m1/s1. The fraction of sp³-hybridized carbons (Fsp3) is 0.381. The summed E-state index contributed by atoms with van der Waals surface area (Å²) in [6.45, 7) is 5.70. The molecule has 0 bridgehead atoms.